The number of alkyl carbamates (subject to hydrolysis) is 1. The molecule has 1 saturated heterocycles. The summed E-state index contributed by atoms with van der Waals surface area (Å²) in [6.45, 7) is 4.68. The smallest absolute Gasteiger partial charge is 0.408 e. The fourth-order valence-electron chi connectivity index (χ4n) is 3.44. The lowest BCUT2D eigenvalue weighted by atomic mass is 10.00. The summed E-state index contributed by atoms with van der Waals surface area (Å²) in [5.74, 6) is 0. The largest absolute Gasteiger partial charge is 0.444 e. The van der Waals surface area contributed by atoms with E-state index in [1.165, 1.54) is 18.6 Å². The Morgan fingerprint density at radius 1 is 1.34 bits per heavy atom. The lowest BCUT2D eigenvalue weighted by Gasteiger charge is -2.38. The highest BCUT2D eigenvalue weighted by atomic mass is 35.5. The van der Waals surface area contributed by atoms with Crippen molar-refractivity contribution in [1.29, 1.82) is 0 Å². The van der Waals surface area contributed by atoms with E-state index in [9.17, 15) is 23.1 Å². The van der Waals surface area contributed by atoms with E-state index in [0.29, 0.717) is 29.8 Å². The molecular weight excluding hydrogens is 451 g/mol. The number of pyridine rings is 1. The summed E-state index contributed by atoms with van der Waals surface area (Å²) in [5.41, 5.74) is 0.900. The van der Waals surface area contributed by atoms with Gasteiger partial charge in [0.15, 0.2) is 0 Å². The summed E-state index contributed by atoms with van der Waals surface area (Å²) < 4.78 is 44.2. The van der Waals surface area contributed by atoms with Gasteiger partial charge < -0.3 is 20.1 Å². The van der Waals surface area contributed by atoms with Crippen molar-refractivity contribution in [3.05, 3.63) is 29.8 Å². The number of aliphatic hydroxyl groups excluding tert-OH is 1. The molecule has 32 heavy (non-hydrogen) atoms. The number of carbonyl (C=O) groups excluding carboxylic acids is 1. The summed E-state index contributed by atoms with van der Waals surface area (Å²) >= 11 is 6.09. The van der Waals surface area contributed by atoms with E-state index >= 15 is 0 Å². The van der Waals surface area contributed by atoms with E-state index in [2.05, 4.69) is 15.4 Å². The summed E-state index contributed by atoms with van der Waals surface area (Å²) in [6, 6.07) is 0.978. The Morgan fingerprint density at radius 2 is 2.06 bits per heavy atom. The predicted octanol–water partition coefficient (Wildman–Crippen LogP) is 3.63. The number of hydrogen-bond donors (Lipinski definition) is 2. The Balaban J connectivity index is 1.83. The molecule has 0 radical (unpaired) electrons. The summed E-state index contributed by atoms with van der Waals surface area (Å²) in [7, 11) is 0. The first-order valence-electron chi connectivity index (χ1n) is 9.98. The first kappa shape index (κ1) is 24.1. The molecule has 1 amide bonds. The average molecular weight is 476 g/mol. The van der Waals surface area contributed by atoms with Crippen molar-refractivity contribution in [2.24, 2.45) is 0 Å². The van der Waals surface area contributed by atoms with Gasteiger partial charge in [0.2, 0.25) is 0 Å². The Kier molecular flexibility index (Phi) is 6.89. The third-order valence-corrected chi connectivity index (χ3v) is 4.96. The van der Waals surface area contributed by atoms with Crippen LogP contribution in [0.3, 0.4) is 0 Å². The average Bonchev–Trinajstić information content (AvgIpc) is 3.08. The number of aliphatic hydroxyl groups is 1. The van der Waals surface area contributed by atoms with Crippen LogP contribution >= 0.6 is 11.6 Å². The number of halogens is 4. The first-order chi connectivity index (χ1) is 14.8. The standard InChI is InChI=1S/C20H25ClF3N5O3/c1-19(2,3)32-18(31)27-14-10-28(5-4-16(14)30)15-6-17(21)25-8-13(15)12-7-26-29(9-12)11-20(22,23)24/h6-9,14,16,30H,4-5,10-11H2,1-3H3,(H,27,31)/t14-,16-/m1/s1. The van der Waals surface area contributed by atoms with Crippen molar-refractivity contribution in [3.8, 4) is 11.1 Å². The minimum Gasteiger partial charge on any atom is -0.444 e. The number of piperidine rings is 1. The molecule has 1 fully saturated rings. The summed E-state index contributed by atoms with van der Waals surface area (Å²) in [5, 5.41) is 17.1. The maximum Gasteiger partial charge on any atom is 0.408 e. The van der Waals surface area contributed by atoms with Crippen molar-refractivity contribution in [3.63, 3.8) is 0 Å². The van der Waals surface area contributed by atoms with Gasteiger partial charge in [-0.1, -0.05) is 11.6 Å². The number of nitrogens with one attached hydrogen (secondary N) is 1. The third kappa shape index (κ3) is 6.49. The molecule has 2 atom stereocenters. The van der Waals surface area contributed by atoms with Crippen molar-refractivity contribution in [2.75, 3.05) is 18.0 Å². The second-order valence-electron chi connectivity index (χ2n) is 8.62. The zero-order valence-corrected chi connectivity index (χ0v) is 18.6. The van der Waals surface area contributed by atoms with E-state index in [0.717, 1.165) is 4.68 Å². The molecule has 1 aliphatic rings. The van der Waals surface area contributed by atoms with Crippen LogP contribution in [-0.4, -0.2) is 63.0 Å². The van der Waals surface area contributed by atoms with E-state index in [1.54, 1.807) is 26.8 Å². The molecule has 0 aromatic carbocycles. The maximum atomic E-state index is 12.7. The number of hydrogen-bond acceptors (Lipinski definition) is 6. The van der Waals surface area contributed by atoms with Crippen LogP contribution in [0, 0.1) is 0 Å². The van der Waals surface area contributed by atoms with Gasteiger partial charge in [-0.2, -0.15) is 18.3 Å². The number of ether oxygens (including phenoxy) is 1. The predicted molar refractivity (Wildman–Crippen MR) is 113 cm³/mol. The van der Waals surface area contributed by atoms with Crippen LogP contribution in [0.5, 0.6) is 0 Å². The van der Waals surface area contributed by atoms with Crippen LogP contribution in [0.1, 0.15) is 27.2 Å². The minimum atomic E-state index is -4.39. The Labute approximate surface area is 188 Å². The van der Waals surface area contributed by atoms with Crippen molar-refractivity contribution in [1.82, 2.24) is 20.1 Å². The van der Waals surface area contributed by atoms with Gasteiger partial charge in [0.05, 0.1) is 18.3 Å². The maximum absolute atomic E-state index is 12.7. The number of anilines is 1. The lowest BCUT2D eigenvalue weighted by Crippen LogP contribution is -2.56. The molecule has 0 bridgehead atoms. The molecule has 3 rings (SSSR count). The monoisotopic (exact) mass is 475 g/mol. The van der Waals surface area contributed by atoms with Crippen LogP contribution < -0.4 is 10.2 Å². The Hall–Kier alpha value is -2.53. The zero-order valence-electron chi connectivity index (χ0n) is 17.9. The topological polar surface area (TPSA) is 92.5 Å². The van der Waals surface area contributed by atoms with E-state index in [1.807, 2.05) is 4.90 Å². The third-order valence-electron chi connectivity index (χ3n) is 4.75. The molecule has 0 spiro atoms. The normalized spacial score (nSPS) is 19.7. The highest BCUT2D eigenvalue weighted by Crippen LogP contribution is 2.34. The summed E-state index contributed by atoms with van der Waals surface area (Å²) in [4.78, 5) is 18.1. The van der Waals surface area contributed by atoms with Crippen LogP contribution in [0.2, 0.25) is 5.15 Å². The molecule has 12 heteroatoms. The van der Waals surface area contributed by atoms with Gasteiger partial charge in [0.25, 0.3) is 0 Å². The molecule has 3 heterocycles. The molecule has 1 aliphatic heterocycles. The lowest BCUT2D eigenvalue weighted by molar-refractivity contribution is -0.142. The minimum absolute atomic E-state index is 0.203. The number of amides is 1. The van der Waals surface area contributed by atoms with Crippen LogP contribution in [0.4, 0.5) is 23.7 Å². The quantitative estimate of drug-likeness (QED) is 0.656. The second kappa shape index (κ2) is 9.14. The molecule has 176 valence electrons. The Morgan fingerprint density at radius 3 is 2.72 bits per heavy atom. The van der Waals surface area contributed by atoms with Crippen molar-refractivity contribution < 1.29 is 27.8 Å². The number of rotatable bonds is 4. The number of alkyl halides is 3. The number of nitrogens with zero attached hydrogens (tertiary/aromatic N) is 4. The molecule has 2 aromatic rings. The zero-order chi connectivity index (χ0) is 23.7. The van der Waals surface area contributed by atoms with Crippen molar-refractivity contribution in [2.45, 2.75) is 57.7 Å². The fourth-order valence-corrected chi connectivity index (χ4v) is 3.59. The van der Waals surface area contributed by atoms with Gasteiger partial charge in [0.1, 0.15) is 17.3 Å². The van der Waals surface area contributed by atoms with Gasteiger partial charge in [-0.25, -0.2) is 9.78 Å². The fraction of sp³-hybridized carbons (Fsp3) is 0.550. The van der Waals surface area contributed by atoms with Gasteiger partial charge in [0, 0.05) is 42.3 Å². The first-order valence-corrected chi connectivity index (χ1v) is 10.4. The van der Waals surface area contributed by atoms with Crippen molar-refractivity contribution >= 4 is 23.4 Å². The second-order valence-corrected chi connectivity index (χ2v) is 9.01. The molecular formula is C20H25ClF3N5O3. The van der Waals surface area contributed by atoms with E-state index in [4.69, 9.17) is 16.3 Å². The highest BCUT2D eigenvalue weighted by molar-refractivity contribution is 6.29. The van der Waals surface area contributed by atoms with Crippen LogP contribution in [0.15, 0.2) is 24.7 Å². The molecule has 2 N–H and O–H groups in total. The molecule has 2 aromatic heterocycles. The molecule has 8 nitrogen and oxygen atoms in total. The Bertz CT molecular complexity index is 961. The van der Waals surface area contributed by atoms with Gasteiger partial charge in [-0.3, -0.25) is 4.68 Å². The molecule has 0 aliphatic carbocycles. The van der Waals surface area contributed by atoms with Gasteiger partial charge in [-0.05, 0) is 33.3 Å². The van der Waals surface area contributed by atoms with E-state index < -0.39 is 36.6 Å². The van der Waals surface area contributed by atoms with Crippen LogP contribution in [-0.2, 0) is 11.3 Å². The molecule has 0 unspecified atom stereocenters. The number of carbonyl (C=O) groups is 1. The molecule has 0 saturated carbocycles. The number of aromatic nitrogens is 3. The van der Waals surface area contributed by atoms with E-state index in [-0.39, 0.29) is 11.7 Å². The van der Waals surface area contributed by atoms with Gasteiger partial charge in [-0.15, -0.1) is 0 Å². The summed E-state index contributed by atoms with van der Waals surface area (Å²) in [6.07, 6.45) is -1.39. The van der Waals surface area contributed by atoms with Crippen LogP contribution in [0.25, 0.3) is 11.1 Å². The highest BCUT2D eigenvalue weighted by Gasteiger charge is 2.32. The van der Waals surface area contributed by atoms with Gasteiger partial charge >= 0.3 is 12.3 Å². The SMILES string of the molecule is CC(C)(C)OC(=O)N[C@@H]1CN(c2cc(Cl)ncc2-c2cnn(CC(F)(F)F)c2)CC[C@H]1O.